The molecule has 4 rings (SSSR count). The minimum absolute atomic E-state index is 0.0780. The van der Waals surface area contributed by atoms with E-state index in [1.807, 2.05) is 13.8 Å². The lowest BCUT2D eigenvalue weighted by Gasteiger charge is -2.56. The fraction of sp³-hybridized carbons (Fsp3) is 0.607. The van der Waals surface area contributed by atoms with Crippen LogP contribution in [-0.2, 0) is 24.6 Å². The van der Waals surface area contributed by atoms with Crippen LogP contribution in [0, 0.1) is 23.7 Å². The molecule has 0 heterocycles. The molecule has 1 amide bonds. The number of aliphatic hydroxyl groups excluding tert-OH is 1. The number of carbonyl (C=O) groups is 5. The Balaban J connectivity index is 1.91. The Bertz CT molecular complexity index is 1280. The third-order valence-corrected chi connectivity index (χ3v) is 9.71. The summed E-state index contributed by atoms with van der Waals surface area (Å²) < 4.78 is 0. The second-order valence-electron chi connectivity index (χ2n) is 12.0. The number of phenolic OH excluding ortho intramolecular Hbond substituents is 1. The number of nitrogens with two attached hydrogens (primary N) is 1. The maximum Gasteiger partial charge on any atom is 0.235 e. The molecule has 212 valence electrons. The highest BCUT2D eigenvalue weighted by Crippen LogP contribution is 2.55. The van der Waals surface area contributed by atoms with Crippen LogP contribution in [0.3, 0.4) is 0 Å². The van der Waals surface area contributed by atoms with Crippen molar-refractivity contribution in [3.05, 3.63) is 28.8 Å². The number of aliphatic hydroxyl groups is 2. The van der Waals surface area contributed by atoms with Gasteiger partial charge in [0.05, 0.1) is 29.5 Å². The van der Waals surface area contributed by atoms with Gasteiger partial charge in [0.25, 0.3) is 0 Å². The lowest BCUT2D eigenvalue weighted by atomic mass is 9.49. The van der Waals surface area contributed by atoms with Gasteiger partial charge in [0.1, 0.15) is 5.75 Å². The van der Waals surface area contributed by atoms with E-state index in [1.54, 1.807) is 19.1 Å². The molecule has 1 aromatic rings. The van der Waals surface area contributed by atoms with E-state index in [-0.39, 0.29) is 11.3 Å². The summed E-state index contributed by atoms with van der Waals surface area (Å²) >= 11 is 3.41. The fourth-order valence-corrected chi connectivity index (χ4v) is 7.46. The van der Waals surface area contributed by atoms with Crippen LogP contribution in [0.15, 0.2) is 12.1 Å². The molecule has 0 aromatic heterocycles. The summed E-state index contributed by atoms with van der Waals surface area (Å²) in [5.41, 5.74) is 2.69. The number of benzene rings is 1. The number of amides is 1. The van der Waals surface area contributed by atoms with Crippen molar-refractivity contribution in [3.63, 3.8) is 0 Å². The zero-order valence-electron chi connectivity index (χ0n) is 22.6. The minimum atomic E-state index is -3.00. The van der Waals surface area contributed by atoms with Gasteiger partial charge < -0.3 is 21.1 Å². The molecule has 8 atom stereocenters. The third kappa shape index (κ3) is 4.03. The van der Waals surface area contributed by atoms with Crippen molar-refractivity contribution >= 4 is 45.0 Å². The molecule has 11 heteroatoms. The van der Waals surface area contributed by atoms with Crippen LogP contribution in [0.4, 0.5) is 0 Å². The van der Waals surface area contributed by atoms with Gasteiger partial charge in [-0.1, -0.05) is 48.8 Å². The molecule has 0 aliphatic heterocycles. The second kappa shape index (κ2) is 9.87. The molecule has 2 saturated carbocycles. The van der Waals surface area contributed by atoms with Gasteiger partial charge in [0.2, 0.25) is 5.91 Å². The number of carbonyl (C=O) groups excluding carboxylic acids is 5. The van der Waals surface area contributed by atoms with Crippen LogP contribution in [0.1, 0.15) is 61.0 Å². The monoisotopic (exact) mass is 606 g/mol. The van der Waals surface area contributed by atoms with Crippen LogP contribution >= 0.6 is 15.9 Å². The van der Waals surface area contributed by atoms with E-state index < -0.39 is 81.8 Å². The third-order valence-electron chi connectivity index (χ3n) is 9.15. The molecule has 0 bridgehead atoms. The maximum absolute atomic E-state index is 14.0. The largest absolute Gasteiger partial charge is 0.507 e. The average Bonchev–Trinajstić information content (AvgIpc) is 2.84. The molecular weight excluding hydrogens is 572 g/mol. The number of aromatic hydroxyl groups is 1. The predicted octanol–water partition coefficient (Wildman–Crippen LogP) is 0.851. The summed E-state index contributed by atoms with van der Waals surface area (Å²) in [5, 5.41) is 35.5. The Morgan fingerprint density at radius 3 is 2.31 bits per heavy atom. The number of halogens is 1. The normalized spacial score (nSPS) is 34.5. The first kappa shape index (κ1) is 29.5. The molecule has 1 aromatic carbocycles. The fourth-order valence-electron chi connectivity index (χ4n) is 7.18. The van der Waals surface area contributed by atoms with Crippen molar-refractivity contribution in [2.24, 2.45) is 29.4 Å². The summed E-state index contributed by atoms with van der Waals surface area (Å²) in [4.78, 5) is 68.2. The molecule has 39 heavy (non-hydrogen) atoms. The molecule has 5 N–H and O–H groups in total. The van der Waals surface area contributed by atoms with E-state index in [1.165, 1.54) is 19.0 Å². The van der Waals surface area contributed by atoms with Crippen molar-refractivity contribution in [2.45, 2.75) is 62.7 Å². The van der Waals surface area contributed by atoms with E-state index in [2.05, 4.69) is 15.9 Å². The number of likely N-dealkylation sites (N-methyl/N-ethyl adjacent to an activating group) is 1. The van der Waals surface area contributed by atoms with Crippen molar-refractivity contribution < 1.29 is 39.3 Å². The zero-order chi connectivity index (χ0) is 29.4. The predicted molar refractivity (Wildman–Crippen MR) is 144 cm³/mol. The number of fused-ring (bicyclic) bond motifs is 3. The molecule has 0 saturated heterocycles. The quantitative estimate of drug-likeness (QED) is 0.270. The van der Waals surface area contributed by atoms with E-state index in [0.717, 1.165) is 11.8 Å². The smallest absolute Gasteiger partial charge is 0.235 e. The van der Waals surface area contributed by atoms with Gasteiger partial charge in [0, 0.05) is 16.8 Å². The number of phenols is 1. The molecule has 2 unspecified atom stereocenters. The number of rotatable bonds is 6. The molecule has 0 radical (unpaired) electrons. The molecule has 0 spiro atoms. The van der Waals surface area contributed by atoms with Crippen LogP contribution in [0.2, 0.25) is 0 Å². The number of primary amides is 1. The van der Waals surface area contributed by atoms with Gasteiger partial charge in [-0.15, -0.1) is 0 Å². The Morgan fingerprint density at radius 1 is 1.15 bits per heavy atom. The molecule has 2 fully saturated rings. The van der Waals surface area contributed by atoms with Crippen LogP contribution in [0.5, 0.6) is 5.75 Å². The van der Waals surface area contributed by atoms with E-state index in [4.69, 9.17) is 5.73 Å². The minimum Gasteiger partial charge on any atom is -0.507 e. The summed E-state index contributed by atoms with van der Waals surface area (Å²) in [7, 11) is 2.92. The van der Waals surface area contributed by atoms with Gasteiger partial charge in [0.15, 0.2) is 34.7 Å². The number of Topliss-reactive ketones (excluding diaryl/α,β-unsaturated/α-hetero) is 4. The maximum atomic E-state index is 14.0. The van der Waals surface area contributed by atoms with Gasteiger partial charge in [-0.05, 0) is 43.8 Å². The van der Waals surface area contributed by atoms with E-state index in [0.29, 0.717) is 17.5 Å². The summed E-state index contributed by atoms with van der Waals surface area (Å²) in [6, 6.07) is 2.06. The number of hydrogen-bond acceptors (Lipinski definition) is 9. The van der Waals surface area contributed by atoms with Gasteiger partial charge in [-0.25, -0.2) is 0 Å². The summed E-state index contributed by atoms with van der Waals surface area (Å²) in [6.07, 6.45) is -0.134. The van der Waals surface area contributed by atoms with Crippen LogP contribution in [0.25, 0.3) is 0 Å². The SMILES string of the molecule is C[C@H]1c2ccc(C(C)(C)CCCBr)c(O)c2C(=O)C2C(=O)[C@]3(O)C(=O)C(C(N)=O)C(=O)[C@@H](N(C)C)[C@@H]3[C@@H](O)[C@@H]21. The number of ketones is 4. The van der Waals surface area contributed by atoms with Crippen molar-refractivity contribution in [1.82, 2.24) is 4.90 Å². The van der Waals surface area contributed by atoms with E-state index in [9.17, 15) is 39.3 Å². The van der Waals surface area contributed by atoms with Crippen molar-refractivity contribution in [1.29, 1.82) is 0 Å². The first-order valence-electron chi connectivity index (χ1n) is 13.0. The Labute approximate surface area is 235 Å². The highest BCUT2D eigenvalue weighted by molar-refractivity contribution is 9.09. The molecule has 3 aliphatic carbocycles. The average molecular weight is 607 g/mol. The molecule has 10 nitrogen and oxygen atoms in total. The zero-order valence-corrected chi connectivity index (χ0v) is 24.2. The summed E-state index contributed by atoms with van der Waals surface area (Å²) in [6.45, 7) is 5.56. The van der Waals surface area contributed by atoms with Gasteiger partial charge in [-0.3, -0.25) is 28.9 Å². The van der Waals surface area contributed by atoms with Gasteiger partial charge in [-0.2, -0.15) is 0 Å². The van der Waals surface area contributed by atoms with E-state index >= 15 is 0 Å². The first-order valence-corrected chi connectivity index (χ1v) is 14.1. The Hall–Kier alpha value is -2.47. The van der Waals surface area contributed by atoms with Gasteiger partial charge >= 0.3 is 0 Å². The summed E-state index contributed by atoms with van der Waals surface area (Å²) in [5.74, 6) is -13.1. The number of hydrogen-bond donors (Lipinski definition) is 4. The Morgan fingerprint density at radius 2 is 1.77 bits per heavy atom. The number of alkyl halides is 1. The molecular formula is C28H35BrN2O8. The van der Waals surface area contributed by atoms with Crippen LogP contribution in [-0.4, -0.2) is 86.4 Å². The standard InChI is InChI=1S/C28H35BrN2O8/c1-11-12-7-8-13(27(2,3)9-6-10-29)20(32)15(12)21(33)16-14(11)22(34)18-19(31(4)5)23(35)17(26(30)38)25(37)28(18,39)24(16)36/h7-8,11,14,16-19,22,32,34,39H,6,9-10H2,1-5H3,(H2,30,38)/t11-,14+,16?,17?,18+,19-,22-,28-/m0/s1. The molecule has 3 aliphatic rings. The Kier molecular flexibility index (Phi) is 7.47. The highest BCUT2D eigenvalue weighted by atomic mass is 79.9. The second-order valence-corrected chi connectivity index (χ2v) is 12.8. The topological polar surface area (TPSA) is 175 Å². The van der Waals surface area contributed by atoms with Crippen LogP contribution < -0.4 is 5.73 Å². The number of nitrogens with zero attached hydrogens (tertiary/aromatic N) is 1. The van der Waals surface area contributed by atoms with Crippen molar-refractivity contribution in [2.75, 3.05) is 19.4 Å². The van der Waals surface area contributed by atoms with Crippen molar-refractivity contribution in [3.8, 4) is 5.75 Å². The highest BCUT2D eigenvalue weighted by Gasteiger charge is 2.72. The first-order chi connectivity index (χ1) is 18.0. The lowest BCUT2D eigenvalue weighted by molar-refractivity contribution is -0.196. The lowest BCUT2D eigenvalue weighted by Crippen LogP contribution is -2.77.